The fourth-order valence-corrected chi connectivity index (χ4v) is 3.19. The second kappa shape index (κ2) is 8.43. The van der Waals surface area contributed by atoms with Gasteiger partial charge in [-0.2, -0.15) is 0 Å². The summed E-state index contributed by atoms with van der Waals surface area (Å²) < 4.78 is 40.3. The van der Waals surface area contributed by atoms with Gasteiger partial charge in [-0.25, -0.2) is 0 Å². The fraction of sp³-hybridized carbons (Fsp3) is 0.350. The first kappa shape index (κ1) is 19.2. The number of carbonyl (C=O) groups excluding carboxylic acids is 1. The molecule has 0 saturated heterocycles. The van der Waals surface area contributed by atoms with E-state index in [-0.39, 0.29) is 24.1 Å². The number of hydrogen-bond donors (Lipinski definition) is 2. The number of aryl methyl sites for hydroxylation is 1. The predicted octanol–water partition coefficient (Wildman–Crippen LogP) is 3.52. The quantitative estimate of drug-likeness (QED) is 0.809. The van der Waals surface area contributed by atoms with Gasteiger partial charge in [0, 0.05) is 19.0 Å². The van der Waals surface area contributed by atoms with Gasteiger partial charge in [-0.3, -0.25) is 4.79 Å². The molecule has 0 aliphatic carbocycles. The number of hydrogen-bond acceptors (Lipinski definition) is 3. The molecule has 1 aliphatic heterocycles. The van der Waals surface area contributed by atoms with E-state index in [1.807, 2.05) is 12.1 Å². The van der Waals surface area contributed by atoms with Crippen molar-refractivity contribution in [1.29, 1.82) is 0 Å². The summed E-state index contributed by atoms with van der Waals surface area (Å²) in [6.45, 7) is 1.39. The summed E-state index contributed by atoms with van der Waals surface area (Å²) in [5, 5.41) is 6.34. The lowest BCUT2D eigenvalue weighted by Crippen LogP contribution is -2.38. The molecule has 7 heteroatoms. The smallest absolute Gasteiger partial charge is 0.406 e. The monoisotopic (exact) mass is 378 g/mol. The summed E-state index contributed by atoms with van der Waals surface area (Å²) >= 11 is 0. The fourth-order valence-electron chi connectivity index (χ4n) is 3.19. The Bertz CT molecular complexity index is 776. The zero-order chi connectivity index (χ0) is 19.3. The first-order valence-corrected chi connectivity index (χ1v) is 8.83. The van der Waals surface area contributed by atoms with Gasteiger partial charge in [0.25, 0.3) is 0 Å². The minimum absolute atomic E-state index is 0.0875. The van der Waals surface area contributed by atoms with Crippen LogP contribution in [0.1, 0.15) is 29.2 Å². The molecule has 0 saturated carbocycles. The van der Waals surface area contributed by atoms with Crippen molar-refractivity contribution in [2.75, 3.05) is 13.1 Å². The molecule has 1 heterocycles. The van der Waals surface area contributed by atoms with Gasteiger partial charge >= 0.3 is 6.36 Å². The first-order chi connectivity index (χ1) is 12.9. The van der Waals surface area contributed by atoms with E-state index in [1.54, 1.807) is 0 Å². The number of nitrogens with one attached hydrogen (secondary N) is 2. The second-order valence-electron chi connectivity index (χ2n) is 6.45. The van der Waals surface area contributed by atoms with Crippen LogP contribution in [0.5, 0.6) is 5.75 Å². The minimum Gasteiger partial charge on any atom is -0.406 e. The van der Waals surface area contributed by atoms with Crippen LogP contribution in [0.25, 0.3) is 0 Å². The Morgan fingerprint density at radius 2 is 1.89 bits per heavy atom. The van der Waals surface area contributed by atoms with Crippen molar-refractivity contribution in [3.8, 4) is 5.75 Å². The van der Waals surface area contributed by atoms with Gasteiger partial charge < -0.3 is 15.4 Å². The molecule has 0 radical (unpaired) electrons. The highest BCUT2D eigenvalue weighted by Crippen LogP contribution is 2.23. The van der Waals surface area contributed by atoms with Crippen LogP contribution in [0.15, 0.2) is 48.5 Å². The Balaban J connectivity index is 1.45. The second-order valence-corrected chi connectivity index (χ2v) is 6.45. The number of carbonyl (C=O) groups is 1. The van der Waals surface area contributed by atoms with Crippen molar-refractivity contribution >= 4 is 5.91 Å². The van der Waals surface area contributed by atoms with E-state index in [9.17, 15) is 18.0 Å². The SMILES string of the molecule is O=C(CCc1ccc(OC(F)(F)F)cc1)NCC1NCCc2ccccc21. The van der Waals surface area contributed by atoms with Gasteiger partial charge in [-0.05, 0) is 48.2 Å². The summed E-state index contributed by atoms with van der Waals surface area (Å²) in [4.78, 5) is 12.1. The van der Waals surface area contributed by atoms with E-state index in [1.165, 1.54) is 35.4 Å². The van der Waals surface area contributed by atoms with Gasteiger partial charge in [0.05, 0.1) is 0 Å². The van der Waals surface area contributed by atoms with E-state index in [0.29, 0.717) is 13.0 Å². The van der Waals surface area contributed by atoms with Crippen molar-refractivity contribution in [3.05, 3.63) is 65.2 Å². The van der Waals surface area contributed by atoms with Crippen LogP contribution in [0.3, 0.4) is 0 Å². The molecule has 2 N–H and O–H groups in total. The van der Waals surface area contributed by atoms with Gasteiger partial charge in [-0.15, -0.1) is 13.2 Å². The highest BCUT2D eigenvalue weighted by atomic mass is 19.4. The van der Waals surface area contributed by atoms with Crippen molar-refractivity contribution < 1.29 is 22.7 Å². The third-order valence-electron chi connectivity index (χ3n) is 4.52. The van der Waals surface area contributed by atoms with Crippen LogP contribution >= 0.6 is 0 Å². The molecule has 1 unspecified atom stereocenters. The van der Waals surface area contributed by atoms with Crippen LogP contribution in [-0.4, -0.2) is 25.4 Å². The summed E-state index contributed by atoms with van der Waals surface area (Å²) in [6.07, 6.45) is -3.00. The van der Waals surface area contributed by atoms with Crippen LogP contribution in [-0.2, 0) is 17.6 Å². The molecular weight excluding hydrogens is 357 g/mol. The van der Waals surface area contributed by atoms with E-state index in [4.69, 9.17) is 0 Å². The molecule has 4 nitrogen and oxygen atoms in total. The molecule has 0 aromatic heterocycles. The lowest BCUT2D eigenvalue weighted by Gasteiger charge is -2.27. The maximum absolute atomic E-state index is 12.1. The molecule has 2 aromatic carbocycles. The van der Waals surface area contributed by atoms with E-state index in [0.717, 1.165) is 18.5 Å². The molecule has 0 fully saturated rings. The zero-order valence-electron chi connectivity index (χ0n) is 14.7. The summed E-state index contributed by atoms with van der Waals surface area (Å²) in [5.41, 5.74) is 3.29. The summed E-state index contributed by atoms with van der Waals surface area (Å²) in [7, 11) is 0. The number of rotatable bonds is 6. The molecule has 144 valence electrons. The molecule has 1 amide bonds. The van der Waals surface area contributed by atoms with Gasteiger partial charge in [0.2, 0.25) is 5.91 Å². The predicted molar refractivity (Wildman–Crippen MR) is 95.3 cm³/mol. The van der Waals surface area contributed by atoms with E-state index < -0.39 is 6.36 Å². The maximum atomic E-state index is 12.1. The molecular formula is C20H21F3N2O2. The molecule has 27 heavy (non-hydrogen) atoms. The summed E-state index contributed by atoms with van der Waals surface area (Å²) in [6, 6.07) is 13.9. The topological polar surface area (TPSA) is 50.4 Å². The van der Waals surface area contributed by atoms with Crippen molar-refractivity contribution in [1.82, 2.24) is 10.6 Å². The van der Waals surface area contributed by atoms with Crippen LogP contribution < -0.4 is 15.4 Å². The van der Waals surface area contributed by atoms with Crippen molar-refractivity contribution in [2.45, 2.75) is 31.7 Å². The minimum atomic E-state index is -4.70. The Hall–Kier alpha value is -2.54. The molecule has 3 rings (SSSR count). The van der Waals surface area contributed by atoms with E-state index in [2.05, 4.69) is 27.5 Å². The first-order valence-electron chi connectivity index (χ1n) is 8.83. The molecule has 1 aliphatic rings. The van der Waals surface area contributed by atoms with Gasteiger partial charge in [0.15, 0.2) is 0 Å². The molecule has 2 aromatic rings. The summed E-state index contributed by atoms with van der Waals surface area (Å²) in [5.74, 6) is -0.354. The van der Waals surface area contributed by atoms with Crippen LogP contribution in [0, 0.1) is 0 Å². The Morgan fingerprint density at radius 1 is 1.15 bits per heavy atom. The Labute approximate surface area is 155 Å². The number of amides is 1. The Morgan fingerprint density at radius 3 is 2.63 bits per heavy atom. The third kappa shape index (κ3) is 5.72. The average molecular weight is 378 g/mol. The van der Waals surface area contributed by atoms with Gasteiger partial charge in [-0.1, -0.05) is 36.4 Å². The number of ether oxygens (including phenoxy) is 1. The lowest BCUT2D eigenvalue weighted by atomic mass is 9.94. The highest BCUT2D eigenvalue weighted by molar-refractivity contribution is 5.76. The Kier molecular flexibility index (Phi) is 6.01. The average Bonchev–Trinajstić information content (AvgIpc) is 2.64. The van der Waals surface area contributed by atoms with Crippen molar-refractivity contribution in [3.63, 3.8) is 0 Å². The largest absolute Gasteiger partial charge is 0.573 e. The van der Waals surface area contributed by atoms with Crippen molar-refractivity contribution in [2.24, 2.45) is 0 Å². The van der Waals surface area contributed by atoms with Crippen LogP contribution in [0.2, 0.25) is 0 Å². The number of halogens is 3. The third-order valence-corrected chi connectivity index (χ3v) is 4.52. The molecule has 0 spiro atoms. The maximum Gasteiger partial charge on any atom is 0.573 e. The number of alkyl halides is 3. The highest BCUT2D eigenvalue weighted by Gasteiger charge is 2.30. The van der Waals surface area contributed by atoms with Crippen LogP contribution in [0.4, 0.5) is 13.2 Å². The lowest BCUT2D eigenvalue weighted by molar-refractivity contribution is -0.274. The van der Waals surface area contributed by atoms with Gasteiger partial charge in [0.1, 0.15) is 5.75 Å². The van der Waals surface area contributed by atoms with E-state index >= 15 is 0 Å². The molecule has 0 bridgehead atoms. The normalized spacial score (nSPS) is 16.5. The number of benzene rings is 2. The number of fused-ring (bicyclic) bond motifs is 1. The molecule has 1 atom stereocenters. The standard InChI is InChI=1S/C20H21F3N2O2/c21-20(22,23)27-16-8-5-14(6-9-16)7-10-19(26)25-13-18-17-4-2-1-3-15(17)11-12-24-18/h1-6,8-9,18,24H,7,10-13H2,(H,25,26). The zero-order valence-corrected chi connectivity index (χ0v) is 14.7.